The molecule has 7 amide bonds. The van der Waals surface area contributed by atoms with Gasteiger partial charge in [-0.1, -0.05) is 32.0 Å². The van der Waals surface area contributed by atoms with Gasteiger partial charge in [0.05, 0.1) is 6.04 Å². The normalized spacial score (nSPS) is 15.9. The van der Waals surface area contributed by atoms with Crippen molar-refractivity contribution in [3.05, 3.63) is 36.0 Å². The lowest BCUT2D eigenvalue weighted by Crippen LogP contribution is -2.60. The Morgan fingerprint density at radius 1 is 0.679 bits per heavy atom. The van der Waals surface area contributed by atoms with E-state index in [-0.39, 0.29) is 108 Å². The molecule has 1 fully saturated rings. The van der Waals surface area contributed by atoms with Crippen LogP contribution in [0.1, 0.15) is 109 Å². The molecule has 26 nitrogen and oxygen atoms in total. The van der Waals surface area contributed by atoms with Gasteiger partial charge in [0.15, 0.2) is 11.9 Å². The molecule has 2 heterocycles. The molecule has 27 heteroatoms. The fourth-order valence-electron chi connectivity index (χ4n) is 9.07. The van der Waals surface area contributed by atoms with Crippen LogP contribution in [0, 0.1) is 16.7 Å². The number of nitrogens with one attached hydrogen (secondary N) is 11. The van der Waals surface area contributed by atoms with Crippen LogP contribution in [0.3, 0.4) is 0 Å². The third-order valence-electron chi connectivity index (χ3n) is 13.2. The van der Waals surface area contributed by atoms with Gasteiger partial charge in [-0.05, 0) is 139 Å². The summed E-state index contributed by atoms with van der Waals surface area (Å²) >= 11 is 1.46. The molecule has 1 aliphatic rings. The van der Waals surface area contributed by atoms with Crippen LogP contribution in [0.25, 0.3) is 10.9 Å². The van der Waals surface area contributed by atoms with Gasteiger partial charge in [-0.15, -0.1) is 0 Å². The number of fused-ring (bicyclic) bond motifs is 1. The molecule has 1 aromatic carbocycles. The number of benzene rings is 1. The highest BCUT2D eigenvalue weighted by molar-refractivity contribution is 7.98. The van der Waals surface area contributed by atoms with E-state index in [0.29, 0.717) is 44.4 Å². The van der Waals surface area contributed by atoms with Gasteiger partial charge in [0, 0.05) is 36.7 Å². The van der Waals surface area contributed by atoms with Crippen molar-refractivity contribution in [1.82, 2.24) is 52.4 Å². The van der Waals surface area contributed by atoms with E-state index in [2.05, 4.69) is 47.5 Å². The fourth-order valence-corrected chi connectivity index (χ4v) is 9.55. The zero-order valence-electron chi connectivity index (χ0n) is 45.4. The summed E-state index contributed by atoms with van der Waals surface area (Å²) in [5, 5.41) is 47.9. The number of thioether (sulfide) groups is 1. The van der Waals surface area contributed by atoms with Crippen LogP contribution in [-0.2, 0) is 44.8 Å². The quantitative estimate of drug-likeness (QED) is 0.0210. The number of rotatable bonds is 37. The topological polar surface area (TPSA) is 450 Å². The molecule has 0 saturated carbocycles. The van der Waals surface area contributed by atoms with Crippen LogP contribution in [-0.4, -0.2) is 167 Å². The largest absolute Gasteiger partial charge is 0.480 e. The fraction of sp³-hybridized carbons (Fsp3) is 0.647. The molecule has 1 aliphatic heterocycles. The second-order valence-corrected chi connectivity index (χ2v) is 21.0. The van der Waals surface area contributed by atoms with Crippen LogP contribution in [0.2, 0.25) is 0 Å². The van der Waals surface area contributed by atoms with Gasteiger partial charge in [-0.2, -0.15) is 11.8 Å². The lowest BCUT2D eigenvalue weighted by atomic mass is 10.0. The predicted molar refractivity (Wildman–Crippen MR) is 300 cm³/mol. The van der Waals surface area contributed by atoms with E-state index >= 15 is 0 Å². The Balaban J connectivity index is 1.90. The minimum Gasteiger partial charge on any atom is -0.480 e. The van der Waals surface area contributed by atoms with Crippen molar-refractivity contribution in [3.8, 4) is 0 Å². The number of hydrogen-bond acceptors (Lipinski definition) is 14. The first kappa shape index (κ1) is 65.6. The third-order valence-corrected chi connectivity index (χ3v) is 13.9. The van der Waals surface area contributed by atoms with E-state index in [4.69, 9.17) is 39.5 Å². The van der Waals surface area contributed by atoms with Crippen molar-refractivity contribution in [3.63, 3.8) is 0 Å². The summed E-state index contributed by atoms with van der Waals surface area (Å²) in [6.07, 6.45) is 7.19. The molecule has 22 N–H and O–H groups in total. The van der Waals surface area contributed by atoms with Crippen molar-refractivity contribution < 1.29 is 43.5 Å². The van der Waals surface area contributed by atoms with E-state index in [1.54, 1.807) is 6.20 Å². The summed E-state index contributed by atoms with van der Waals surface area (Å²) in [4.78, 5) is 116. The molecule has 0 bridgehead atoms. The number of amides is 7. The molecule has 1 saturated heterocycles. The molecular formula is C51H87N17O9S. The Morgan fingerprint density at radius 3 is 1.58 bits per heavy atom. The van der Waals surface area contributed by atoms with Crippen molar-refractivity contribution >= 4 is 81.9 Å². The van der Waals surface area contributed by atoms with E-state index < -0.39 is 95.7 Å². The maximum Gasteiger partial charge on any atom is 0.326 e. The zero-order chi connectivity index (χ0) is 57.7. The number of nitrogens with zero attached hydrogens (tertiary/aromatic N) is 1. The van der Waals surface area contributed by atoms with E-state index in [0.717, 1.165) is 16.5 Å². The van der Waals surface area contributed by atoms with Crippen LogP contribution in [0.15, 0.2) is 30.5 Å². The van der Waals surface area contributed by atoms with Crippen molar-refractivity contribution in [2.75, 3.05) is 44.7 Å². The smallest absolute Gasteiger partial charge is 0.326 e. The lowest BCUT2D eigenvalue weighted by molar-refractivity contribution is -0.149. The minimum atomic E-state index is -1.32. The molecule has 3 rings (SSSR count). The highest BCUT2D eigenvalue weighted by atomic mass is 32.2. The summed E-state index contributed by atoms with van der Waals surface area (Å²) in [5.74, 6) is -6.23. The van der Waals surface area contributed by atoms with Crippen molar-refractivity contribution in [2.24, 2.45) is 34.6 Å². The Hall–Kier alpha value is -6.71. The molecular weight excluding hydrogens is 1030 g/mol. The molecule has 8 atom stereocenters. The number of likely N-dealkylation sites (tertiary alicyclic amines) is 1. The van der Waals surface area contributed by atoms with Gasteiger partial charge in [-0.25, -0.2) is 4.79 Å². The van der Waals surface area contributed by atoms with Gasteiger partial charge >= 0.3 is 5.97 Å². The highest BCUT2D eigenvalue weighted by Crippen LogP contribution is 2.22. The average Bonchev–Trinajstić information content (AvgIpc) is 4.06. The maximum absolute atomic E-state index is 14.5. The minimum absolute atomic E-state index is 0.00982. The van der Waals surface area contributed by atoms with Gasteiger partial charge in [0.2, 0.25) is 41.4 Å². The molecule has 0 radical (unpaired) electrons. The Kier molecular flexibility index (Phi) is 29.4. The number of nitrogens with two attached hydrogens (primary N) is 5. The number of H-pyrrole nitrogens is 1. The Morgan fingerprint density at radius 2 is 1.13 bits per heavy atom. The Labute approximate surface area is 460 Å². The number of unbranched alkanes of at least 4 members (excludes halogenated alkanes) is 2. The van der Waals surface area contributed by atoms with E-state index in [1.165, 1.54) is 16.7 Å². The first-order chi connectivity index (χ1) is 37.2. The number of para-hydroxylation sites is 1. The number of carbonyl (C=O) groups is 8. The number of carboxylic acids is 1. The van der Waals surface area contributed by atoms with Crippen LogP contribution < -0.4 is 71.2 Å². The first-order valence-corrected chi connectivity index (χ1v) is 28.3. The highest BCUT2D eigenvalue weighted by Gasteiger charge is 2.39. The van der Waals surface area contributed by atoms with Gasteiger partial charge in [0.1, 0.15) is 42.3 Å². The number of hydrogen-bond donors (Lipinski definition) is 17. The standard InChI is InChI=1S/C51H87N17O9S/c1-30(2)27-40(48(75)68-25-12-19-41(68)49(76)77)67-46(73)38(18-11-24-60-51(57)58)66-43(70)35(15-6-8-21-52)63-45(72)37(17-10-23-59-50(55)56)65-44(71)36(16-7-9-22-53)64-47(74)39(20-26-78-3)62-42(69)33(54)28-31-29-61-34-14-5-4-13-32(31)34/h4-5,13-14,29-30,33,35-41,61H,6-12,15-28,52-54H2,1-3H3,(H,62,69)(H,63,72)(H,64,74)(H,65,71)(H,66,70)(H,67,73)(H,76,77)(H4,55,56,59)(H4,57,58,60)/t33-,35-,36-,37-,38-,39-,40-,41-/m0/s1. The van der Waals surface area contributed by atoms with Crippen LogP contribution >= 0.6 is 11.8 Å². The summed E-state index contributed by atoms with van der Waals surface area (Å²) < 4.78 is 0. The third kappa shape index (κ3) is 22.7. The lowest BCUT2D eigenvalue weighted by Gasteiger charge is -2.30. The van der Waals surface area contributed by atoms with E-state index in [1.807, 2.05) is 44.4 Å². The van der Waals surface area contributed by atoms with E-state index in [9.17, 15) is 43.5 Å². The second kappa shape index (κ2) is 34.9. The van der Waals surface area contributed by atoms with Crippen LogP contribution in [0.5, 0.6) is 0 Å². The number of aliphatic carboxylic acids is 1. The molecule has 1 aromatic heterocycles. The number of aromatic nitrogens is 1. The summed E-state index contributed by atoms with van der Waals surface area (Å²) in [7, 11) is 0. The van der Waals surface area contributed by atoms with Crippen molar-refractivity contribution in [2.45, 2.75) is 158 Å². The molecule has 78 heavy (non-hydrogen) atoms. The molecule has 0 aliphatic carbocycles. The number of aromatic amines is 1. The summed E-state index contributed by atoms with van der Waals surface area (Å²) in [6.45, 7) is 4.73. The number of carboxylic acid groups (broad SMARTS) is 1. The van der Waals surface area contributed by atoms with Crippen molar-refractivity contribution in [1.29, 1.82) is 10.8 Å². The predicted octanol–water partition coefficient (Wildman–Crippen LogP) is -1.39. The molecule has 436 valence electrons. The molecule has 0 spiro atoms. The molecule has 0 unspecified atom stereocenters. The number of guanidine groups is 2. The van der Waals surface area contributed by atoms with Gasteiger partial charge in [-0.3, -0.25) is 44.4 Å². The number of carbonyl (C=O) groups excluding carboxylic acids is 7. The molecule has 2 aromatic rings. The second-order valence-electron chi connectivity index (χ2n) is 20.0. The SMILES string of the molecule is CSCC[C@H](NC(=O)[C@@H](N)Cc1c[nH]c2ccccc12)C(=O)N[C@@H](CCCCN)C(=O)N[C@@H](CCCNC(=N)N)C(=O)N[C@@H](CCCCN)C(=O)N[C@@H](CCCNC(=N)N)C(=O)N[C@@H](CC(C)C)C(=O)N1CCC[C@H]1C(=O)O. The van der Waals surface area contributed by atoms with Gasteiger partial charge < -0.3 is 86.2 Å². The maximum atomic E-state index is 14.5. The monoisotopic (exact) mass is 1110 g/mol. The van der Waals surface area contributed by atoms with Crippen LogP contribution in [0.4, 0.5) is 0 Å². The first-order valence-electron chi connectivity index (χ1n) is 26.9. The Bertz CT molecular complexity index is 2300. The zero-order valence-corrected chi connectivity index (χ0v) is 46.2. The summed E-state index contributed by atoms with van der Waals surface area (Å²) in [6, 6.07) is -1.80. The summed E-state index contributed by atoms with van der Waals surface area (Å²) in [5.41, 5.74) is 30.7. The van der Waals surface area contributed by atoms with Gasteiger partial charge in [0.25, 0.3) is 0 Å². The average molecular weight is 1110 g/mol.